The van der Waals surface area contributed by atoms with Crippen molar-refractivity contribution in [2.75, 3.05) is 54.4 Å². The fourth-order valence-electron chi connectivity index (χ4n) is 2.84. The summed E-state index contributed by atoms with van der Waals surface area (Å²) in [6, 6.07) is 0. The lowest BCUT2D eigenvalue weighted by molar-refractivity contribution is 0.101. The molecule has 3 atom stereocenters. The molecule has 2 aliphatic rings. The molecular weight excluding hydrogens is 254 g/mol. The summed E-state index contributed by atoms with van der Waals surface area (Å²) in [5, 5.41) is 0. The van der Waals surface area contributed by atoms with Crippen molar-refractivity contribution in [3.05, 3.63) is 0 Å². The molecule has 0 N–H and O–H groups in total. The van der Waals surface area contributed by atoms with E-state index in [1.54, 1.807) is 18.4 Å². The number of hydrogen-bond donors (Lipinski definition) is 0. The normalized spacial score (nSPS) is 33.6. The maximum Gasteiger partial charge on any atom is 0.281 e. The second kappa shape index (κ2) is 5.05. The molecule has 0 saturated carbocycles. The van der Waals surface area contributed by atoms with Crippen LogP contribution in [0.3, 0.4) is 0 Å². The Bertz CT molecular complexity index is 396. The summed E-state index contributed by atoms with van der Waals surface area (Å²) in [6.45, 7) is 2.79. The maximum absolute atomic E-state index is 12.1. The molecule has 0 aromatic rings. The fourth-order valence-corrected chi connectivity index (χ4v) is 4.00. The van der Waals surface area contributed by atoms with Gasteiger partial charge in [-0.05, 0) is 14.1 Å². The fraction of sp³-hybridized carbons (Fsp3) is 1.00. The van der Waals surface area contributed by atoms with Crippen LogP contribution < -0.4 is 0 Å². The molecule has 0 aliphatic carbocycles. The van der Waals surface area contributed by atoms with Crippen LogP contribution in [0.2, 0.25) is 0 Å². The molecule has 0 amide bonds. The Morgan fingerprint density at radius 1 is 1.22 bits per heavy atom. The lowest BCUT2D eigenvalue weighted by atomic mass is 9.93. The van der Waals surface area contributed by atoms with Gasteiger partial charge in [0.25, 0.3) is 10.2 Å². The van der Waals surface area contributed by atoms with Crippen molar-refractivity contribution < 1.29 is 13.2 Å². The Morgan fingerprint density at radius 2 is 1.89 bits per heavy atom. The molecule has 7 heteroatoms. The summed E-state index contributed by atoms with van der Waals surface area (Å²) in [7, 11) is 3.92. The highest BCUT2D eigenvalue weighted by Gasteiger charge is 2.47. The van der Waals surface area contributed by atoms with Crippen molar-refractivity contribution in [2.45, 2.75) is 6.10 Å². The first-order chi connectivity index (χ1) is 8.32. The van der Waals surface area contributed by atoms with Crippen LogP contribution in [-0.4, -0.2) is 82.5 Å². The van der Waals surface area contributed by atoms with Gasteiger partial charge in [0, 0.05) is 45.6 Å². The first kappa shape index (κ1) is 14.2. The van der Waals surface area contributed by atoms with E-state index in [9.17, 15) is 8.42 Å². The van der Waals surface area contributed by atoms with E-state index >= 15 is 0 Å². The Morgan fingerprint density at radius 3 is 2.44 bits per heavy atom. The van der Waals surface area contributed by atoms with E-state index in [1.165, 1.54) is 4.31 Å². The van der Waals surface area contributed by atoms with Gasteiger partial charge in [-0.2, -0.15) is 17.0 Å². The third-order valence-corrected chi connectivity index (χ3v) is 5.67. The van der Waals surface area contributed by atoms with Gasteiger partial charge in [0.1, 0.15) is 0 Å². The zero-order valence-electron chi connectivity index (χ0n) is 11.5. The third-order valence-electron chi connectivity index (χ3n) is 3.79. The van der Waals surface area contributed by atoms with Crippen molar-refractivity contribution in [1.29, 1.82) is 0 Å². The molecular formula is C11H23N3O3S. The second-order valence-corrected chi connectivity index (χ2v) is 7.81. The lowest BCUT2D eigenvalue weighted by Crippen LogP contribution is -2.40. The molecule has 2 saturated heterocycles. The predicted molar refractivity (Wildman–Crippen MR) is 69.5 cm³/mol. The summed E-state index contributed by atoms with van der Waals surface area (Å²) in [5.74, 6) is 0.773. The maximum atomic E-state index is 12.1. The molecule has 0 aromatic heterocycles. The number of fused-ring (bicyclic) bond motifs is 1. The van der Waals surface area contributed by atoms with Gasteiger partial charge in [0.2, 0.25) is 0 Å². The molecule has 18 heavy (non-hydrogen) atoms. The molecule has 106 valence electrons. The van der Waals surface area contributed by atoms with E-state index in [0.717, 1.165) is 13.2 Å². The highest BCUT2D eigenvalue weighted by molar-refractivity contribution is 7.86. The van der Waals surface area contributed by atoms with Gasteiger partial charge in [-0.25, -0.2) is 0 Å². The molecule has 0 spiro atoms. The van der Waals surface area contributed by atoms with Crippen LogP contribution in [0.4, 0.5) is 0 Å². The Hall–Kier alpha value is -0.210. The van der Waals surface area contributed by atoms with E-state index in [-0.39, 0.29) is 6.10 Å². The minimum Gasteiger partial charge on any atom is -0.376 e. The quantitative estimate of drug-likeness (QED) is 0.682. The summed E-state index contributed by atoms with van der Waals surface area (Å²) in [4.78, 5) is 2.14. The standard InChI is InChI=1S/C11H23N3O3S/c1-12(2)5-9-8-17-11-7-14(6-10(9)11)18(15,16)13(3)4/h9-11H,5-8H2,1-4H3/t9-,10-,11-/m1/s1. The van der Waals surface area contributed by atoms with Crippen LogP contribution in [0.5, 0.6) is 0 Å². The van der Waals surface area contributed by atoms with Crippen molar-refractivity contribution in [1.82, 2.24) is 13.5 Å². The third kappa shape index (κ3) is 2.55. The first-order valence-electron chi connectivity index (χ1n) is 6.26. The van der Waals surface area contributed by atoms with E-state index in [1.807, 2.05) is 14.1 Å². The van der Waals surface area contributed by atoms with E-state index in [4.69, 9.17) is 4.74 Å². The lowest BCUT2D eigenvalue weighted by Gasteiger charge is -2.23. The number of ether oxygens (including phenoxy) is 1. The van der Waals surface area contributed by atoms with Gasteiger partial charge < -0.3 is 9.64 Å². The predicted octanol–water partition coefficient (Wildman–Crippen LogP) is -0.699. The number of rotatable bonds is 4. The second-order valence-electron chi connectivity index (χ2n) is 5.67. The van der Waals surface area contributed by atoms with E-state index in [2.05, 4.69) is 4.90 Å². The van der Waals surface area contributed by atoms with E-state index < -0.39 is 10.2 Å². The first-order valence-corrected chi connectivity index (χ1v) is 7.66. The molecule has 0 radical (unpaired) electrons. The summed E-state index contributed by atoms with van der Waals surface area (Å²) in [6.07, 6.45) is 0.0738. The number of nitrogens with zero attached hydrogens (tertiary/aromatic N) is 3. The van der Waals surface area contributed by atoms with Crippen LogP contribution in [-0.2, 0) is 14.9 Å². The monoisotopic (exact) mass is 277 g/mol. The molecule has 2 rings (SSSR count). The van der Waals surface area contributed by atoms with Gasteiger partial charge in [0.05, 0.1) is 12.7 Å². The molecule has 2 fully saturated rings. The molecule has 0 aromatic carbocycles. The minimum atomic E-state index is -3.30. The minimum absolute atomic E-state index is 0.0738. The largest absolute Gasteiger partial charge is 0.376 e. The topological polar surface area (TPSA) is 53.1 Å². The highest BCUT2D eigenvalue weighted by Crippen LogP contribution is 2.35. The van der Waals surface area contributed by atoms with Crippen molar-refractivity contribution in [3.63, 3.8) is 0 Å². The summed E-state index contributed by atoms with van der Waals surface area (Å²) >= 11 is 0. The summed E-state index contributed by atoms with van der Waals surface area (Å²) in [5.41, 5.74) is 0. The number of hydrogen-bond acceptors (Lipinski definition) is 4. The van der Waals surface area contributed by atoms with Crippen LogP contribution in [0.25, 0.3) is 0 Å². The van der Waals surface area contributed by atoms with Crippen LogP contribution in [0.15, 0.2) is 0 Å². The van der Waals surface area contributed by atoms with Gasteiger partial charge in [-0.15, -0.1) is 0 Å². The highest BCUT2D eigenvalue weighted by atomic mass is 32.2. The zero-order valence-corrected chi connectivity index (χ0v) is 12.4. The smallest absolute Gasteiger partial charge is 0.281 e. The van der Waals surface area contributed by atoms with Crippen molar-refractivity contribution in [2.24, 2.45) is 11.8 Å². The van der Waals surface area contributed by atoms with Gasteiger partial charge in [-0.3, -0.25) is 0 Å². The van der Waals surface area contributed by atoms with Gasteiger partial charge in [0.15, 0.2) is 0 Å². The van der Waals surface area contributed by atoms with Gasteiger partial charge >= 0.3 is 0 Å². The molecule has 2 heterocycles. The molecule has 0 bridgehead atoms. The summed E-state index contributed by atoms with van der Waals surface area (Å²) < 4.78 is 32.7. The van der Waals surface area contributed by atoms with Crippen LogP contribution in [0, 0.1) is 11.8 Å². The average Bonchev–Trinajstić information content (AvgIpc) is 2.79. The van der Waals surface area contributed by atoms with Crippen LogP contribution >= 0.6 is 0 Å². The Kier molecular flexibility index (Phi) is 3.99. The molecule has 2 aliphatic heterocycles. The SMILES string of the molecule is CN(C)C[C@@H]1CO[C@@H]2CN(S(=O)(=O)N(C)C)C[C@H]12. The Labute approximate surface area is 110 Å². The average molecular weight is 277 g/mol. The zero-order chi connectivity index (χ0) is 13.5. The van der Waals surface area contributed by atoms with Crippen molar-refractivity contribution >= 4 is 10.2 Å². The van der Waals surface area contributed by atoms with E-state index in [0.29, 0.717) is 24.9 Å². The van der Waals surface area contributed by atoms with Gasteiger partial charge in [-0.1, -0.05) is 0 Å². The molecule has 6 nitrogen and oxygen atoms in total. The molecule has 0 unspecified atom stereocenters. The van der Waals surface area contributed by atoms with Crippen molar-refractivity contribution in [3.8, 4) is 0 Å². The van der Waals surface area contributed by atoms with Crippen LogP contribution in [0.1, 0.15) is 0 Å². The Balaban J connectivity index is 2.04.